The fourth-order valence-electron chi connectivity index (χ4n) is 3.12. The lowest BCUT2D eigenvalue weighted by Crippen LogP contribution is -2.30. The number of nitrogens with one attached hydrogen (secondary N) is 1. The summed E-state index contributed by atoms with van der Waals surface area (Å²) in [6.45, 7) is 4.69. The molecule has 3 heteroatoms. The van der Waals surface area contributed by atoms with Crippen molar-refractivity contribution in [3.8, 4) is 0 Å². The predicted molar refractivity (Wildman–Crippen MR) is 81.2 cm³/mol. The van der Waals surface area contributed by atoms with Crippen LogP contribution in [-0.2, 0) is 0 Å². The number of rotatable bonds is 2. The SMILES string of the molecule is CC1(C)CCCC1Nc1ccc(N)c2cnccc12. The van der Waals surface area contributed by atoms with E-state index in [1.807, 2.05) is 24.5 Å². The highest BCUT2D eigenvalue weighted by Gasteiger charge is 2.34. The molecule has 100 valence electrons. The highest BCUT2D eigenvalue weighted by molar-refractivity contribution is 6.00. The lowest BCUT2D eigenvalue weighted by molar-refractivity contribution is 0.350. The summed E-state index contributed by atoms with van der Waals surface area (Å²) in [5.41, 5.74) is 8.34. The zero-order valence-electron chi connectivity index (χ0n) is 11.6. The number of hydrogen-bond acceptors (Lipinski definition) is 3. The van der Waals surface area contributed by atoms with Crippen LogP contribution in [-0.4, -0.2) is 11.0 Å². The van der Waals surface area contributed by atoms with E-state index in [-0.39, 0.29) is 0 Å². The van der Waals surface area contributed by atoms with E-state index in [1.54, 1.807) is 0 Å². The monoisotopic (exact) mass is 255 g/mol. The zero-order valence-corrected chi connectivity index (χ0v) is 11.6. The van der Waals surface area contributed by atoms with Crippen molar-refractivity contribution in [3.63, 3.8) is 0 Å². The summed E-state index contributed by atoms with van der Waals surface area (Å²) in [6, 6.07) is 6.63. The molecule has 1 atom stereocenters. The van der Waals surface area contributed by atoms with Crippen LogP contribution in [0.25, 0.3) is 10.8 Å². The van der Waals surface area contributed by atoms with Crippen LogP contribution in [0.5, 0.6) is 0 Å². The van der Waals surface area contributed by atoms with Crippen LogP contribution in [0.1, 0.15) is 33.1 Å². The molecule has 2 aromatic rings. The van der Waals surface area contributed by atoms with Gasteiger partial charge in [0.25, 0.3) is 0 Å². The number of benzene rings is 1. The molecular weight excluding hydrogens is 234 g/mol. The molecule has 0 amide bonds. The maximum Gasteiger partial charge on any atom is 0.0424 e. The van der Waals surface area contributed by atoms with Gasteiger partial charge in [0.1, 0.15) is 0 Å². The minimum atomic E-state index is 0.362. The van der Waals surface area contributed by atoms with Gasteiger partial charge in [-0.05, 0) is 36.5 Å². The third kappa shape index (κ3) is 2.14. The van der Waals surface area contributed by atoms with Crippen molar-refractivity contribution < 1.29 is 0 Å². The van der Waals surface area contributed by atoms with Crippen molar-refractivity contribution in [2.24, 2.45) is 5.41 Å². The first kappa shape index (κ1) is 12.3. The maximum absolute atomic E-state index is 6.02. The van der Waals surface area contributed by atoms with Gasteiger partial charge in [0.2, 0.25) is 0 Å². The summed E-state index contributed by atoms with van der Waals surface area (Å²) in [5.74, 6) is 0. The van der Waals surface area contributed by atoms with Crippen LogP contribution in [0, 0.1) is 5.41 Å². The Balaban J connectivity index is 2.00. The molecule has 19 heavy (non-hydrogen) atoms. The van der Waals surface area contributed by atoms with Crippen LogP contribution in [0.3, 0.4) is 0 Å². The molecule has 3 nitrogen and oxygen atoms in total. The van der Waals surface area contributed by atoms with Gasteiger partial charge in [-0.15, -0.1) is 0 Å². The largest absolute Gasteiger partial charge is 0.398 e. The molecule has 1 heterocycles. The van der Waals surface area contributed by atoms with Crippen molar-refractivity contribution in [1.29, 1.82) is 0 Å². The van der Waals surface area contributed by atoms with Crippen molar-refractivity contribution in [1.82, 2.24) is 4.98 Å². The number of nitrogens with zero attached hydrogens (tertiary/aromatic N) is 1. The van der Waals surface area contributed by atoms with Crippen molar-refractivity contribution in [3.05, 3.63) is 30.6 Å². The molecule has 1 aliphatic carbocycles. The molecule has 0 saturated heterocycles. The second kappa shape index (κ2) is 4.41. The van der Waals surface area contributed by atoms with Gasteiger partial charge in [-0.3, -0.25) is 4.98 Å². The lowest BCUT2D eigenvalue weighted by atomic mass is 9.87. The predicted octanol–water partition coefficient (Wildman–Crippen LogP) is 3.81. The van der Waals surface area contributed by atoms with Gasteiger partial charge in [-0.1, -0.05) is 20.3 Å². The molecule has 1 fully saturated rings. The number of fused-ring (bicyclic) bond motifs is 1. The van der Waals surface area contributed by atoms with Crippen LogP contribution in [0.15, 0.2) is 30.6 Å². The summed E-state index contributed by atoms with van der Waals surface area (Å²) < 4.78 is 0. The topological polar surface area (TPSA) is 50.9 Å². The maximum atomic E-state index is 6.02. The van der Waals surface area contributed by atoms with E-state index in [0.29, 0.717) is 11.5 Å². The normalized spacial score (nSPS) is 21.7. The van der Waals surface area contributed by atoms with Gasteiger partial charge >= 0.3 is 0 Å². The number of nitrogens with two attached hydrogens (primary N) is 1. The molecule has 0 spiro atoms. The van der Waals surface area contributed by atoms with Gasteiger partial charge in [0.15, 0.2) is 0 Å². The average molecular weight is 255 g/mol. The van der Waals surface area contributed by atoms with E-state index < -0.39 is 0 Å². The zero-order chi connectivity index (χ0) is 13.5. The van der Waals surface area contributed by atoms with E-state index in [9.17, 15) is 0 Å². The minimum absolute atomic E-state index is 0.362. The summed E-state index contributed by atoms with van der Waals surface area (Å²) in [7, 11) is 0. The van der Waals surface area contributed by atoms with Crippen molar-refractivity contribution >= 4 is 22.1 Å². The van der Waals surface area contributed by atoms with Crippen LogP contribution >= 0.6 is 0 Å². The van der Waals surface area contributed by atoms with Gasteiger partial charge in [-0.25, -0.2) is 0 Å². The standard InChI is InChI=1S/C16H21N3/c1-16(2)8-3-4-15(16)19-14-6-5-13(17)12-10-18-9-7-11(12)14/h5-7,9-10,15,19H,3-4,8,17H2,1-2H3. The van der Waals surface area contributed by atoms with E-state index in [1.165, 1.54) is 24.9 Å². The second-order valence-electron chi connectivity index (χ2n) is 6.20. The Kier molecular flexibility index (Phi) is 2.85. The molecule has 1 saturated carbocycles. The summed E-state index contributed by atoms with van der Waals surface area (Å²) in [4.78, 5) is 4.17. The molecule has 3 rings (SSSR count). The lowest BCUT2D eigenvalue weighted by Gasteiger charge is -2.29. The van der Waals surface area contributed by atoms with Gasteiger partial charge in [-0.2, -0.15) is 0 Å². The third-order valence-electron chi connectivity index (χ3n) is 4.44. The fraction of sp³-hybridized carbons (Fsp3) is 0.438. The van der Waals surface area contributed by atoms with Crippen LogP contribution in [0.2, 0.25) is 0 Å². The fourth-order valence-corrected chi connectivity index (χ4v) is 3.12. The number of aromatic nitrogens is 1. The molecule has 0 aliphatic heterocycles. The number of pyridine rings is 1. The minimum Gasteiger partial charge on any atom is -0.398 e. The Morgan fingerprint density at radius 2 is 2.11 bits per heavy atom. The first-order valence-corrected chi connectivity index (χ1v) is 6.97. The smallest absolute Gasteiger partial charge is 0.0424 e. The third-order valence-corrected chi connectivity index (χ3v) is 4.44. The van der Waals surface area contributed by atoms with Crippen molar-refractivity contribution in [2.75, 3.05) is 11.1 Å². The summed E-state index contributed by atoms with van der Waals surface area (Å²) in [6.07, 6.45) is 7.50. The van der Waals surface area contributed by atoms with Gasteiger partial charge < -0.3 is 11.1 Å². The molecule has 1 aliphatic rings. The molecule has 3 N–H and O–H groups in total. The van der Waals surface area contributed by atoms with E-state index in [0.717, 1.165) is 16.5 Å². The Labute approximate surface area is 114 Å². The van der Waals surface area contributed by atoms with E-state index in [4.69, 9.17) is 5.73 Å². The summed E-state index contributed by atoms with van der Waals surface area (Å²) >= 11 is 0. The Morgan fingerprint density at radius 3 is 2.84 bits per heavy atom. The van der Waals surface area contributed by atoms with E-state index in [2.05, 4.69) is 30.2 Å². The Hall–Kier alpha value is -1.77. The molecule has 0 radical (unpaired) electrons. The number of hydrogen-bond donors (Lipinski definition) is 2. The molecule has 1 aromatic carbocycles. The van der Waals surface area contributed by atoms with Gasteiger partial charge in [0, 0.05) is 40.6 Å². The molecule has 0 bridgehead atoms. The Bertz CT molecular complexity index is 604. The molecule has 1 unspecified atom stereocenters. The van der Waals surface area contributed by atoms with Crippen LogP contribution < -0.4 is 11.1 Å². The average Bonchev–Trinajstić information content (AvgIpc) is 2.72. The van der Waals surface area contributed by atoms with Gasteiger partial charge in [0.05, 0.1) is 0 Å². The molecule has 1 aromatic heterocycles. The number of nitrogen functional groups attached to an aromatic ring is 1. The number of anilines is 2. The first-order chi connectivity index (χ1) is 9.08. The van der Waals surface area contributed by atoms with Crippen LogP contribution in [0.4, 0.5) is 11.4 Å². The highest BCUT2D eigenvalue weighted by Crippen LogP contribution is 2.40. The quantitative estimate of drug-likeness (QED) is 0.802. The Morgan fingerprint density at radius 1 is 1.26 bits per heavy atom. The first-order valence-electron chi connectivity index (χ1n) is 6.97. The summed E-state index contributed by atoms with van der Waals surface area (Å²) in [5, 5.41) is 5.91. The van der Waals surface area contributed by atoms with E-state index >= 15 is 0 Å². The molecular formula is C16H21N3. The van der Waals surface area contributed by atoms with Crippen molar-refractivity contribution in [2.45, 2.75) is 39.2 Å². The second-order valence-corrected chi connectivity index (χ2v) is 6.20. The highest BCUT2D eigenvalue weighted by atomic mass is 14.9.